The highest BCUT2D eigenvalue weighted by Crippen LogP contribution is 2.20. The van der Waals surface area contributed by atoms with Crippen LogP contribution in [0.1, 0.15) is 23.9 Å². The molecule has 8 nitrogen and oxygen atoms in total. The summed E-state index contributed by atoms with van der Waals surface area (Å²) in [5, 5.41) is 3.14. The van der Waals surface area contributed by atoms with E-state index in [1.807, 2.05) is 31.2 Å². The van der Waals surface area contributed by atoms with Gasteiger partial charge in [-0.05, 0) is 37.1 Å². The van der Waals surface area contributed by atoms with Crippen molar-refractivity contribution in [3.8, 4) is 0 Å². The van der Waals surface area contributed by atoms with E-state index in [1.54, 1.807) is 24.3 Å². The molecule has 0 aliphatic heterocycles. The maximum atomic E-state index is 12.8. The van der Waals surface area contributed by atoms with Crippen LogP contribution in [0.2, 0.25) is 0 Å². The number of para-hydroxylation sites is 1. The predicted molar refractivity (Wildman–Crippen MR) is 113 cm³/mol. The fourth-order valence-electron chi connectivity index (χ4n) is 2.81. The van der Waals surface area contributed by atoms with E-state index in [-0.39, 0.29) is 29.2 Å². The lowest BCUT2D eigenvalue weighted by molar-refractivity contribution is 0.456. The number of anilines is 3. The standard InChI is InChI=1S/C20H24N6O2S/c1-4-15-7-5-6-8-17(15)22-20-24-18(23-19(21)25-20)13-26(3)29(27,28)16-11-9-14(2)10-12-16/h5-12H,4,13H2,1-3H3,(H3,21,22,23,24,25). The zero-order valence-corrected chi connectivity index (χ0v) is 17.4. The average Bonchev–Trinajstić information content (AvgIpc) is 2.68. The smallest absolute Gasteiger partial charge is 0.243 e. The van der Waals surface area contributed by atoms with Gasteiger partial charge in [0, 0.05) is 12.7 Å². The van der Waals surface area contributed by atoms with Crippen LogP contribution in [-0.4, -0.2) is 34.7 Å². The highest BCUT2D eigenvalue weighted by Gasteiger charge is 2.22. The van der Waals surface area contributed by atoms with Gasteiger partial charge in [-0.25, -0.2) is 8.42 Å². The molecule has 0 spiro atoms. The molecular weight excluding hydrogens is 388 g/mol. The van der Waals surface area contributed by atoms with Crippen LogP contribution >= 0.6 is 0 Å². The lowest BCUT2D eigenvalue weighted by Gasteiger charge is -2.17. The lowest BCUT2D eigenvalue weighted by Crippen LogP contribution is -2.27. The normalized spacial score (nSPS) is 11.6. The van der Waals surface area contributed by atoms with Gasteiger partial charge in [0.25, 0.3) is 0 Å². The Hall–Kier alpha value is -3.04. The predicted octanol–water partition coefficient (Wildman–Crippen LogP) is 2.89. The van der Waals surface area contributed by atoms with Crippen molar-refractivity contribution in [3.05, 3.63) is 65.5 Å². The van der Waals surface area contributed by atoms with Crippen LogP contribution in [0.5, 0.6) is 0 Å². The Morgan fingerprint density at radius 1 is 1.03 bits per heavy atom. The van der Waals surface area contributed by atoms with Crippen molar-refractivity contribution in [1.29, 1.82) is 0 Å². The molecule has 9 heteroatoms. The quantitative estimate of drug-likeness (QED) is 0.613. The molecule has 0 radical (unpaired) electrons. The Morgan fingerprint density at radius 3 is 2.41 bits per heavy atom. The second kappa shape index (κ2) is 8.54. The largest absolute Gasteiger partial charge is 0.368 e. The third-order valence-electron chi connectivity index (χ3n) is 4.44. The van der Waals surface area contributed by atoms with Crippen LogP contribution in [0, 0.1) is 6.92 Å². The number of hydrogen-bond donors (Lipinski definition) is 2. The molecule has 0 unspecified atom stereocenters. The van der Waals surface area contributed by atoms with Crippen LogP contribution in [0.25, 0.3) is 0 Å². The van der Waals surface area contributed by atoms with Crippen LogP contribution in [0.4, 0.5) is 17.6 Å². The minimum atomic E-state index is -3.68. The van der Waals surface area contributed by atoms with E-state index in [9.17, 15) is 8.42 Å². The van der Waals surface area contributed by atoms with E-state index in [1.165, 1.54) is 11.4 Å². The van der Waals surface area contributed by atoms with Crippen LogP contribution < -0.4 is 11.1 Å². The van der Waals surface area contributed by atoms with Gasteiger partial charge in [-0.3, -0.25) is 0 Å². The van der Waals surface area contributed by atoms with Crippen molar-refractivity contribution in [2.75, 3.05) is 18.1 Å². The Bertz CT molecular complexity index is 1100. The van der Waals surface area contributed by atoms with Crippen LogP contribution in [0.3, 0.4) is 0 Å². The average molecular weight is 413 g/mol. The number of sulfonamides is 1. The first kappa shape index (κ1) is 20.7. The summed E-state index contributed by atoms with van der Waals surface area (Å²) < 4.78 is 26.8. The SMILES string of the molecule is CCc1ccccc1Nc1nc(N)nc(CN(C)S(=O)(=O)c2ccc(C)cc2)n1. The number of hydrogen-bond acceptors (Lipinski definition) is 7. The van der Waals surface area contributed by atoms with Crippen LogP contribution in [-0.2, 0) is 23.0 Å². The number of nitrogens with zero attached hydrogens (tertiary/aromatic N) is 4. The number of nitrogens with one attached hydrogen (secondary N) is 1. The Kier molecular flexibility index (Phi) is 6.09. The molecular formula is C20H24N6O2S. The molecule has 0 atom stereocenters. The van der Waals surface area contributed by atoms with E-state index >= 15 is 0 Å². The second-order valence-electron chi connectivity index (χ2n) is 6.64. The van der Waals surface area contributed by atoms with Crippen molar-refractivity contribution in [2.45, 2.75) is 31.7 Å². The maximum Gasteiger partial charge on any atom is 0.243 e. The van der Waals surface area contributed by atoms with E-state index in [4.69, 9.17) is 5.73 Å². The molecule has 0 aliphatic carbocycles. The van der Waals surface area contributed by atoms with Crippen molar-refractivity contribution in [3.63, 3.8) is 0 Å². The molecule has 3 rings (SSSR count). The Balaban J connectivity index is 1.83. The Morgan fingerprint density at radius 2 is 1.72 bits per heavy atom. The highest BCUT2D eigenvalue weighted by atomic mass is 32.2. The molecule has 0 bridgehead atoms. The number of nitrogen functional groups attached to an aromatic ring is 1. The van der Waals surface area contributed by atoms with Gasteiger partial charge in [0.1, 0.15) is 0 Å². The number of nitrogens with two attached hydrogens (primary N) is 1. The first-order valence-electron chi connectivity index (χ1n) is 9.18. The lowest BCUT2D eigenvalue weighted by atomic mass is 10.1. The van der Waals surface area contributed by atoms with E-state index in [0.717, 1.165) is 23.2 Å². The molecule has 0 saturated carbocycles. The van der Waals surface area contributed by atoms with Gasteiger partial charge >= 0.3 is 0 Å². The summed E-state index contributed by atoms with van der Waals surface area (Å²) in [6, 6.07) is 14.5. The number of rotatable bonds is 7. The second-order valence-corrected chi connectivity index (χ2v) is 8.69. The molecule has 3 aromatic rings. The van der Waals surface area contributed by atoms with Gasteiger partial charge in [0.15, 0.2) is 5.82 Å². The van der Waals surface area contributed by atoms with Gasteiger partial charge in [0.2, 0.25) is 21.9 Å². The molecule has 0 saturated heterocycles. The number of aromatic nitrogens is 3. The molecule has 1 heterocycles. The Labute approximate surface area is 170 Å². The monoisotopic (exact) mass is 412 g/mol. The van der Waals surface area contributed by atoms with E-state index in [0.29, 0.717) is 0 Å². The zero-order chi connectivity index (χ0) is 21.0. The molecule has 3 N–H and O–H groups in total. The molecule has 29 heavy (non-hydrogen) atoms. The summed E-state index contributed by atoms with van der Waals surface area (Å²) in [4.78, 5) is 12.8. The zero-order valence-electron chi connectivity index (χ0n) is 16.6. The van der Waals surface area contributed by atoms with E-state index < -0.39 is 10.0 Å². The first-order valence-corrected chi connectivity index (χ1v) is 10.6. The molecule has 0 amide bonds. The van der Waals surface area contributed by atoms with Crippen molar-refractivity contribution < 1.29 is 8.42 Å². The molecule has 0 aliphatic rings. The summed E-state index contributed by atoms with van der Waals surface area (Å²) in [7, 11) is -2.20. The van der Waals surface area contributed by atoms with E-state index in [2.05, 4.69) is 27.2 Å². The minimum absolute atomic E-state index is 0.0209. The van der Waals surface area contributed by atoms with Gasteiger partial charge in [-0.2, -0.15) is 19.3 Å². The van der Waals surface area contributed by atoms with Gasteiger partial charge < -0.3 is 11.1 Å². The van der Waals surface area contributed by atoms with Gasteiger partial charge in [0.05, 0.1) is 11.4 Å². The van der Waals surface area contributed by atoms with Crippen molar-refractivity contribution >= 4 is 27.6 Å². The van der Waals surface area contributed by atoms with Gasteiger partial charge in [-0.15, -0.1) is 0 Å². The molecule has 1 aromatic heterocycles. The fraction of sp³-hybridized carbons (Fsp3) is 0.250. The summed E-state index contributed by atoms with van der Waals surface area (Å²) >= 11 is 0. The van der Waals surface area contributed by atoms with Crippen molar-refractivity contribution in [1.82, 2.24) is 19.3 Å². The topological polar surface area (TPSA) is 114 Å². The first-order chi connectivity index (χ1) is 13.8. The summed E-state index contributed by atoms with van der Waals surface area (Å²) in [6.45, 7) is 3.92. The fourth-order valence-corrected chi connectivity index (χ4v) is 3.94. The van der Waals surface area contributed by atoms with Crippen molar-refractivity contribution in [2.24, 2.45) is 0 Å². The summed E-state index contributed by atoms with van der Waals surface area (Å²) in [5.74, 6) is 0.550. The third kappa shape index (κ3) is 4.87. The number of aryl methyl sites for hydroxylation is 2. The van der Waals surface area contributed by atoms with Gasteiger partial charge in [-0.1, -0.05) is 42.8 Å². The summed E-state index contributed by atoms with van der Waals surface area (Å²) in [6.07, 6.45) is 0.841. The summed E-state index contributed by atoms with van der Waals surface area (Å²) in [5.41, 5.74) is 8.78. The highest BCUT2D eigenvalue weighted by molar-refractivity contribution is 7.89. The molecule has 152 valence electrons. The minimum Gasteiger partial charge on any atom is -0.368 e. The van der Waals surface area contributed by atoms with Crippen LogP contribution in [0.15, 0.2) is 53.4 Å². The third-order valence-corrected chi connectivity index (χ3v) is 6.25. The maximum absolute atomic E-state index is 12.8. The molecule has 2 aromatic carbocycles. The number of benzene rings is 2. The molecule has 0 fully saturated rings.